The van der Waals surface area contributed by atoms with Crippen LogP contribution in [0, 0.1) is 0 Å². The molecule has 0 bridgehead atoms. The van der Waals surface area contributed by atoms with Crippen molar-refractivity contribution >= 4 is 10.0 Å². The van der Waals surface area contributed by atoms with Gasteiger partial charge in [-0.1, -0.05) is 27.7 Å². The highest BCUT2D eigenvalue weighted by atomic mass is 32.2. The Labute approximate surface area is 128 Å². The van der Waals surface area contributed by atoms with Gasteiger partial charge in [0.25, 0.3) is 0 Å². The molecule has 0 aliphatic rings. The normalized spacial score (nSPS) is 12.5. The fourth-order valence-corrected chi connectivity index (χ4v) is 3.57. The molecular weight excluding hydrogens is 288 g/mol. The minimum Gasteiger partial charge on any atom is -0.314 e. The second-order valence-corrected chi connectivity index (χ2v) is 7.34. The molecule has 0 fully saturated rings. The zero-order valence-electron chi connectivity index (χ0n) is 13.5. The summed E-state index contributed by atoms with van der Waals surface area (Å²) in [7, 11) is -3.40. The van der Waals surface area contributed by atoms with E-state index in [-0.39, 0.29) is 4.90 Å². The molecule has 6 nitrogen and oxygen atoms in total. The van der Waals surface area contributed by atoms with E-state index in [1.165, 1.54) is 10.5 Å². The van der Waals surface area contributed by atoms with Crippen molar-refractivity contribution in [1.29, 1.82) is 0 Å². The number of rotatable bonds is 10. The largest absolute Gasteiger partial charge is 0.314 e. The number of sulfonamides is 1. The fourth-order valence-electron chi connectivity index (χ4n) is 2.08. The van der Waals surface area contributed by atoms with E-state index < -0.39 is 10.0 Å². The lowest BCUT2D eigenvalue weighted by atomic mass is 10.3. The third-order valence-corrected chi connectivity index (χ3v) is 5.12. The second kappa shape index (κ2) is 8.51. The average Bonchev–Trinajstić information content (AvgIpc) is 2.90. The van der Waals surface area contributed by atoms with Gasteiger partial charge in [0.1, 0.15) is 4.90 Å². The molecule has 0 saturated carbocycles. The van der Waals surface area contributed by atoms with Crippen molar-refractivity contribution in [3.8, 4) is 0 Å². The third-order valence-electron chi connectivity index (χ3n) is 3.19. The molecule has 0 radical (unpaired) electrons. The molecule has 0 aliphatic heterocycles. The van der Waals surface area contributed by atoms with Crippen molar-refractivity contribution in [2.24, 2.45) is 0 Å². The van der Waals surface area contributed by atoms with Gasteiger partial charge in [-0.15, -0.1) is 0 Å². The van der Waals surface area contributed by atoms with Gasteiger partial charge < -0.3 is 5.32 Å². The molecule has 0 unspecified atom stereocenters. The predicted molar refractivity (Wildman–Crippen MR) is 84.7 cm³/mol. The summed E-state index contributed by atoms with van der Waals surface area (Å²) < 4.78 is 28.1. The highest BCUT2D eigenvalue weighted by Gasteiger charge is 2.23. The van der Waals surface area contributed by atoms with Crippen molar-refractivity contribution in [2.45, 2.75) is 58.0 Å². The first-order chi connectivity index (χ1) is 9.91. The predicted octanol–water partition coefficient (Wildman–Crippen LogP) is 1.69. The van der Waals surface area contributed by atoms with Gasteiger partial charge in [-0.05, 0) is 19.4 Å². The molecule has 0 aliphatic carbocycles. The lowest BCUT2D eigenvalue weighted by Gasteiger charge is -2.18. The molecular formula is C14H28N4O2S. The molecule has 1 heterocycles. The minimum absolute atomic E-state index is 0.287. The molecule has 1 aromatic rings. The number of aromatic nitrogens is 2. The van der Waals surface area contributed by atoms with Gasteiger partial charge >= 0.3 is 0 Å². The van der Waals surface area contributed by atoms with Gasteiger partial charge in [-0.2, -0.15) is 9.40 Å². The van der Waals surface area contributed by atoms with E-state index >= 15 is 0 Å². The van der Waals surface area contributed by atoms with Crippen LogP contribution in [0.4, 0.5) is 0 Å². The van der Waals surface area contributed by atoms with E-state index in [9.17, 15) is 8.42 Å². The Morgan fingerprint density at radius 2 is 2.10 bits per heavy atom. The van der Waals surface area contributed by atoms with Crippen molar-refractivity contribution in [3.63, 3.8) is 0 Å². The minimum atomic E-state index is -3.40. The van der Waals surface area contributed by atoms with E-state index in [0.717, 1.165) is 25.9 Å². The molecule has 122 valence electrons. The maximum absolute atomic E-state index is 12.4. The van der Waals surface area contributed by atoms with Crippen LogP contribution >= 0.6 is 0 Å². The molecule has 0 amide bonds. The van der Waals surface area contributed by atoms with E-state index in [4.69, 9.17) is 0 Å². The topological polar surface area (TPSA) is 67.2 Å². The summed E-state index contributed by atoms with van der Waals surface area (Å²) in [6.07, 6.45) is 4.81. The van der Waals surface area contributed by atoms with Crippen LogP contribution < -0.4 is 5.32 Å². The van der Waals surface area contributed by atoms with E-state index in [1.807, 2.05) is 13.8 Å². The van der Waals surface area contributed by atoms with Crippen LogP contribution in [0.5, 0.6) is 0 Å². The van der Waals surface area contributed by atoms with Crippen molar-refractivity contribution in [1.82, 2.24) is 19.4 Å². The Bertz CT molecular complexity index is 511. The molecule has 7 heteroatoms. The Morgan fingerprint density at radius 1 is 1.38 bits per heavy atom. The lowest BCUT2D eigenvalue weighted by molar-refractivity contribution is 0.427. The monoisotopic (exact) mass is 316 g/mol. The molecule has 1 N–H and O–H groups in total. The number of hydrogen-bond acceptors (Lipinski definition) is 4. The van der Waals surface area contributed by atoms with Crippen LogP contribution in [-0.4, -0.2) is 48.2 Å². The summed E-state index contributed by atoms with van der Waals surface area (Å²) in [5.74, 6) is 0. The van der Waals surface area contributed by atoms with Crippen LogP contribution in [0.3, 0.4) is 0 Å². The van der Waals surface area contributed by atoms with Crippen LogP contribution in [0.2, 0.25) is 0 Å². The fraction of sp³-hybridized carbons (Fsp3) is 0.786. The number of hydrogen-bond donors (Lipinski definition) is 1. The Hall–Kier alpha value is -0.920. The third kappa shape index (κ3) is 5.41. The Kier molecular flexibility index (Phi) is 7.34. The maximum Gasteiger partial charge on any atom is 0.246 e. The molecule has 0 atom stereocenters. The maximum atomic E-state index is 12.4. The van der Waals surface area contributed by atoms with E-state index in [2.05, 4.69) is 24.3 Å². The van der Waals surface area contributed by atoms with E-state index in [1.54, 1.807) is 10.9 Å². The van der Waals surface area contributed by atoms with Crippen molar-refractivity contribution < 1.29 is 8.42 Å². The van der Waals surface area contributed by atoms with Crippen LogP contribution in [0.15, 0.2) is 17.3 Å². The smallest absolute Gasteiger partial charge is 0.246 e. The van der Waals surface area contributed by atoms with Gasteiger partial charge in [0, 0.05) is 31.9 Å². The first-order valence-corrected chi connectivity index (χ1v) is 9.11. The van der Waals surface area contributed by atoms with Gasteiger partial charge in [0.15, 0.2) is 0 Å². The molecule has 0 saturated heterocycles. The van der Waals surface area contributed by atoms with Gasteiger partial charge in [-0.25, -0.2) is 8.42 Å². The average molecular weight is 316 g/mol. The summed E-state index contributed by atoms with van der Waals surface area (Å²) in [4.78, 5) is 0.287. The van der Waals surface area contributed by atoms with Crippen molar-refractivity contribution in [2.75, 3.05) is 19.6 Å². The number of aryl methyl sites for hydroxylation is 1. The highest BCUT2D eigenvalue weighted by Crippen LogP contribution is 2.15. The molecule has 0 spiro atoms. The molecule has 1 rings (SSSR count). The zero-order chi connectivity index (χ0) is 15.9. The Balaban J connectivity index is 2.65. The lowest BCUT2D eigenvalue weighted by Crippen LogP contribution is -2.31. The quantitative estimate of drug-likeness (QED) is 0.667. The Morgan fingerprint density at radius 3 is 2.67 bits per heavy atom. The highest BCUT2D eigenvalue weighted by molar-refractivity contribution is 7.89. The SMILES string of the molecule is CCCN(CC)S(=O)(=O)c1cnn(CCCNC(C)C)c1. The summed E-state index contributed by atoms with van der Waals surface area (Å²) in [6, 6.07) is 0.464. The zero-order valence-corrected chi connectivity index (χ0v) is 14.4. The van der Waals surface area contributed by atoms with Crippen LogP contribution in [-0.2, 0) is 16.6 Å². The van der Waals surface area contributed by atoms with Gasteiger partial charge in [0.05, 0.1) is 6.20 Å². The summed E-state index contributed by atoms with van der Waals surface area (Å²) in [5.41, 5.74) is 0. The summed E-state index contributed by atoms with van der Waals surface area (Å²) in [6.45, 7) is 10.7. The second-order valence-electron chi connectivity index (χ2n) is 5.40. The standard InChI is InChI=1S/C14H28N4O2S/c1-5-9-18(6-2)21(19,20)14-11-16-17(12-14)10-7-8-15-13(3)4/h11-13,15H,5-10H2,1-4H3. The van der Waals surface area contributed by atoms with Crippen molar-refractivity contribution in [3.05, 3.63) is 12.4 Å². The van der Waals surface area contributed by atoms with Crippen LogP contribution in [0.1, 0.15) is 40.5 Å². The van der Waals surface area contributed by atoms with Gasteiger partial charge in [-0.3, -0.25) is 4.68 Å². The summed E-state index contributed by atoms with van der Waals surface area (Å²) >= 11 is 0. The molecule has 21 heavy (non-hydrogen) atoms. The van der Waals surface area contributed by atoms with Crippen LogP contribution in [0.25, 0.3) is 0 Å². The van der Waals surface area contributed by atoms with E-state index in [0.29, 0.717) is 19.1 Å². The summed E-state index contributed by atoms with van der Waals surface area (Å²) in [5, 5.41) is 7.49. The number of nitrogens with zero attached hydrogens (tertiary/aromatic N) is 3. The molecule has 0 aromatic carbocycles. The van der Waals surface area contributed by atoms with Gasteiger partial charge in [0.2, 0.25) is 10.0 Å². The first-order valence-electron chi connectivity index (χ1n) is 7.67. The first kappa shape index (κ1) is 18.1. The molecule has 1 aromatic heterocycles. The number of nitrogens with one attached hydrogen (secondary N) is 1.